The van der Waals surface area contributed by atoms with Gasteiger partial charge >= 0.3 is 6.08 Å². The van der Waals surface area contributed by atoms with Crippen LogP contribution in [0.1, 0.15) is 19.0 Å². The quantitative estimate of drug-likeness (QED) is 0.831. The molecule has 5 nitrogen and oxygen atoms in total. The summed E-state index contributed by atoms with van der Waals surface area (Å²) in [5, 5.41) is 2.99. The SMILES string of the molecule is CCCOc1ccc(Oc2nc(CNC)co2)cc1. The Bertz CT molecular complexity index is 494. The van der Waals surface area contributed by atoms with Crippen LogP contribution in [-0.2, 0) is 6.54 Å². The van der Waals surface area contributed by atoms with Crippen LogP contribution < -0.4 is 14.8 Å². The minimum absolute atomic E-state index is 0.243. The normalized spacial score (nSPS) is 10.4. The lowest BCUT2D eigenvalue weighted by Gasteiger charge is -2.05. The number of hydrogen-bond acceptors (Lipinski definition) is 5. The van der Waals surface area contributed by atoms with Crippen molar-refractivity contribution in [2.45, 2.75) is 19.9 Å². The van der Waals surface area contributed by atoms with Crippen molar-refractivity contribution < 1.29 is 13.9 Å². The van der Waals surface area contributed by atoms with Crippen LogP contribution in [0.3, 0.4) is 0 Å². The number of rotatable bonds is 7. The van der Waals surface area contributed by atoms with Gasteiger partial charge in [0.2, 0.25) is 0 Å². The molecule has 0 aliphatic heterocycles. The van der Waals surface area contributed by atoms with Crippen molar-refractivity contribution in [1.82, 2.24) is 10.3 Å². The van der Waals surface area contributed by atoms with Crippen molar-refractivity contribution in [2.24, 2.45) is 0 Å². The van der Waals surface area contributed by atoms with Crippen molar-refractivity contribution >= 4 is 0 Å². The Morgan fingerprint density at radius 3 is 2.63 bits per heavy atom. The fourth-order valence-corrected chi connectivity index (χ4v) is 1.52. The van der Waals surface area contributed by atoms with E-state index in [1.54, 1.807) is 6.26 Å². The molecule has 0 bridgehead atoms. The molecule has 0 saturated heterocycles. The van der Waals surface area contributed by atoms with E-state index in [1.807, 2.05) is 31.3 Å². The average Bonchev–Trinajstić information content (AvgIpc) is 2.86. The first kappa shape index (κ1) is 13.4. The molecular weight excluding hydrogens is 244 g/mol. The number of aromatic nitrogens is 1. The van der Waals surface area contributed by atoms with Crippen molar-refractivity contribution in [3.05, 3.63) is 36.2 Å². The van der Waals surface area contributed by atoms with Crippen LogP contribution >= 0.6 is 0 Å². The molecule has 0 aliphatic carbocycles. The monoisotopic (exact) mass is 262 g/mol. The molecule has 0 atom stereocenters. The Balaban J connectivity index is 1.94. The minimum Gasteiger partial charge on any atom is -0.494 e. The maximum Gasteiger partial charge on any atom is 0.399 e. The highest BCUT2D eigenvalue weighted by Crippen LogP contribution is 2.23. The molecule has 0 saturated carbocycles. The second-order valence-corrected chi connectivity index (χ2v) is 4.06. The summed E-state index contributed by atoms with van der Waals surface area (Å²) < 4.78 is 16.2. The van der Waals surface area contributed by atoms with Gasteiger partial charge in [0.1, 0.15) is 17.8 Å². The van der Waals surface area contributed by atoms with Gasteiger partial charge in [-0.1, -0.05) is 6.92 Å². The molecule has 0 spiro atoms. The van der Waals surface area contributed by atoms with E-state index in [9.17, 15) is 0 Å². The molecular formula is C14H18N2O3. The van der Waals surface area contributed by atoms with E-state index in [0.717, 1.165) is 17.9 Å². The van der Waals surface area contributed by atoms with Gasteiger partial charge in [-0.05, 0) is 37.7 Å². The average molecular weight is 262 g/mol. The van der Waals surface area contributed by atoms with E-state index in [0.29, 0.717) is 18.9 Å². The third-order valence-electron chi connectivity index (χ3n) is 2.39. The molecule has 0 fully saturated rings. The molecule has 0 amide bonds. The lowest BCUT2D eigenvalue weighted by Crippen LogP contribution is -2.04. The van der Waals surface area contributed by atoms with Crippen molar-refractivity contribution in [3.63, 3.8) is 0 Å². The van der Waals surface area contributed by atoms with Gasteiger partial charge < -0.3 is 19.2 Å². The molecule has 19 heavy (non-hydrogen) atoms. The van der Waals surface area contributed by atoms with Gasteiger partial charge in [0.25, 0.3) is 0 Å². The van der Waals surface area contributed by atoms with Crippen LogP contribution in [0.5, 0.6) is 17.6 Å². The van der Waals surface area contributed by atoms with Crippen LogP contribution in [0.4, 0.5) is 0 Å². The summed E-state index contributed by atoms with van der Waals surface area (Å²) in [5.41, 5.74) is 0.806. The highest BCUT2D eigenvalue weighted by Gasteiger charge is 2.05. The zero-order chi connectivity index (χ0) is 13.5. The van der Waals surface area contributed by atoms with E-state index < -0.39 is 0 Å². The Kier molecular flexibility index (Phi) is 4.80. The molecule has 0 aliphatic rings. The number of hydrogen-bond donors (Lipinski definition) is 1. The fourth-order valence-electron chi connectivity index (χ4n) is 1.52. The van der Waals surface area contributed by atoms with E-state index in [-0.39, 0.29) is 6.08 Å². The Morgan fingerprint density at radius 2 is 1.95 bits per heavy atom. The van der Waals surface area contributed by atoms with Crippen LogP contribution in [0.2, 0.25) is 0 Å². The lowest BCUT2D eigenvalue weighted by atomic mass is 10.3. The molecule has 5 heteroatoms. The van der Waals surface area contributed by atoms with E-state index >= 15 is 0 Å². The van der Waals surface area contributed by atoms with Gasteiger partial charge in [-0.25, -0.2) is 0 Å². The van der Waals surface area contributed by atoms with E-state index in [1.165, 1.54) is 0 Å². The summed E-state index contributed by atoms with van der Waals surface area (Å²) in [6.45, 7) is 3.44. The fraction of sp³-hybridized carbons (Fsp3) is 0.357. The van der Waals surface area contributed by atoms with Crippen LogP contribution in [-0.4, -0.2) is 18.6 Å². The molecule has 1 heterocycles. The number of nitrogens with one attached hydrogen (secondary N) is 1. The minimum atomic E-state index is 0.243. The molecule has 2 aromatic rings. The van der Waals surface area contributed by atoms with E-state index in [4.69, 9.17) is 13.9 Å². The topological polar surface area (TPSA) is 56.5 Å². The summed E-state index contributed by atoms with van der Waals surface area (Å²) in [7, 11) is 1.85. The van der Waals surface area contributed by atoms with Gasteiger partial charge in [0.05, 0.1) is 12.3 Å². The third-order valence-corrected chi connectivity index (χ3v) is 2.39. The van der Waals surface area contributed by atoms with Gasteiger partial charge in [-0.15, -0.1) is 0 Å². The summed E-state index contributed by atoms with van der Waals surface area (Å²) in [5.74, 6) is 1.50. The van der Waals surface area contributed by atoms with Crippen molar-refractivity contribution in [2.75, 3.05) is 13.7 Å². The molecule has 1 aromatic heterocycles. The molecule has 1 N–H and O–H groups in total. The predicted molar refractivity (Wildman–Crippen MR) is 71.6 cm³/mol. The Hall–Kier alpha value is -2.01. The number of benzene rings is 1. The van der Waals surface area contributed by atoms with Crippen LogP contribution in [0, 0.1) is 0 Å². The van der Waals surface area contributed by atoms with Crippen molar-refractivity contribution in [3.8, 4) is 17.6 Å². The van der Waals surface area contributed by atoms with Crippen molar-refractivity contribution in [1.29, 1.82) is 0 Å². The first-order valence-corrected chi connectivity index (χ1v) is 6.31. The molecule has 102 valence electrons. The van der Waals surface area contributed by atoms with Gasteiger partial charge in [0.15, 0.2) is 0 Å². The lowest BCUT2D eigenvalue weighted by molar-refractivity contribution is 0.314. The van der Waals surface area contributed by atoms with Crippen LogP contribution in [0.15, 0.2) is 34.9 Å². The standard InChI is InChI=1S/C14H18N2O3/c1-3-8-17-12-4-6-13(7-5-12)19-14-16-11(9-15-2)10-18-14/h4-7,10,15H,3,8-9H2,1-2H3. The summed E-state index contributed by atoms with van der Waals surface area (Å²) in [4.78, 5) is 4.18. The number of nitrogens with zero attached hydrogens (tertiary/aromatic N) is 1. The molecule has 0 unspecified atom stereocenters. The second kappa shape index (κ2) is 6.80. The highest BCUT2D eigenvalue weighted by molar-refractivity contribution is 5.32. The van der Waals surface area contributed by atoms with E-state index in [2.05, 4.69) is 17.2 Å². The Morgan fingerprint density at radius 1 is 1.21 bits per heavy atom. The largest absolute Gasteiger partial charge is 0.494 e. The second-order valence-electron chi connectivity index (χ2n) is 4.06. The smallest absolute Gasteiger partial charge is 0.399 e. The summed E-state index contributed by atoms with van der Waals surface area (Å²) >= 11 is 0. The zero-order valence-electron chi connectivity index (χ0n) is 11.2. The number of oxazole rings is 1. The van der Waals surface area contributed by atoms with Crippen LogP contribution in [0.25, 0.3) is 0 Å². The van der Waals surface area contributed by atoms with Gasteiger partial charge in [-0.3, -0.25) is 0 Å². The third kappa shape index (κ3) is 3.99. The maximum atomic E-state index is 5.50. The summed E-state index contributed by atoms with van der Waals surface area (Å²) in [6, 6.07) is 7.38. The Labute approximate surface area is 112 Å². The highest BCUT2D eigenvalue weighted by atomic mass is 16.6. The predicted octanol–water partition coefficient (Wildman–Crippen LogP) is 2.98. The molecule has 1 aromatic carbocycles. The molecule has 0 radical (unpaired) electrons. The number of ether oxygens (including phenoxy) is 2. The first-order chi connectivity index (χ1) is 9.31. The molecule has 2 rings (SSSR count). The zero-order valence-corrected chi connectivity index (χ0v) is 11.2. The maximum absolute atomic E-state index is 5.50. The summed E-state index contributed by atoms with van der Waals surface area (Å²) in [6.07, 6.45) is 2.81. The first-order valence-electron chi connectivity index (χ1n) is 6.31. The van der Waals surface area contributed by atoms with Gasteiger partial charge in [0, 0.05) is 6.54 Å². The van der Waals surface area contributed by atoms with Gasteiger partial charge in [-0.2, -0.15) is 4.98 Å².